The lowest BCUT2D eigenvalue weighted by Crippen LogP contribution is -2.46. The molecule has 1 aromatic heterocycles. The van der Waals surface area contributed by atoms with Gasteiger partial charge in [-0.3, -0.25) is 4.79 Å². The standard InChI is InChI=1S/C20H17Cl2FN4O4/c21-12-1-3-14(4-2-12)27-8-18(25-26-27)20-30-9-13(10-31-20)24-19(28)11-29-15-5-6-16(22)17(23)7-15/h1-8,13,20H,9-11H2,(H,24,28)/t13-,20-. The predicted octanol–water partition coefficient (Wildman–Crippen LogP) is 3.32. The third-order valence-electron chi connectivity index (χ3n) is 4.37. The van der Waals surface area contributed by atoms with Gasteiger partial charge in [-0.25, -0.2) is 9.07 Å². The number of nitrogens with zero attached hydrogens (tertiary/aromatic N) is 3. The number of rotatable bonds is 6. The average molecular weight is 467 g/mol. The third kappa shape index (κ3) is 5.50. The predicted molar refractivity (Wildman–Crippen MR) is 110 cm³/mol. The Morgan fingerprint density at radius 1 is 1.19 bits per heavy atom. The van der Waals surface area contributed by atoms with Crippen LogP contribution in [0.1, 0.15) is 12.0 Å². The van der Waals surface area contributed by atoms with E-state index in [-0.39, 0.29) is 42.5 Å². The van der Waals surface area contributed by atoms with Crippen molar-refractivity contribution >= 4 is 29.1 Å². The van der Waals surface area contributed by atoms with Gasteiger partial charge in [0.2, 0.25) is 6.29 Å². The van der Waals surface area contributed by atoms with E-state index in [4.69, 9.17) is 37.4 Å². The molecule has 2 aromatic carbocycles. The Balaban J connectivity index is 1.24. The van der Waals surface area contributed by atoms with Gasteiger partial charge in [-0.1, -0.05) is 28.4 Å². The SMILES string of the molecule is O=C(COc1ccc(Cl)c(F)c1)N[C@H]1CO[C@H](c2cn(-c3ccc(Cl)cc3)nn2)OC1. The molecule has 0 saturated carbocycles. The van der Waals surface area contributed by atoms with Crippen LogP contribution in [0, 0.1) is 5.82 Å². The van der Waals surface area contributed by atoms with Crippen LogP contribution in [-0.2, 0) is 14.3 Å². The van der Waals surface area contributed by atoms with Gasteiger partial charge in [-0.15, -0.1) is 5.10 Å². The van der Waals surface area contributed by atoms with Gasteiger partial charge in [0.1, 0.15) is 17.3 Å². The van der Waals surface area contributed by atoms with Crippen molar-refractivity contribution in [3.05, 3.63) is 70.2 Å². The summed E-state index contributed by atoms with van der Waals surface area (Å²) in [6, 6.07) is 10.7. The summed E-state index contributed by atoms with van der Waals surface area (Å²) in [4.78, 5) is 12.1. The minimum absolute atomic E-state index is 0.0175. The Labute approximate surface area is 186 Å². The van der Waals surface area contributed by atoms with Crippen LogP contribution in [0.3, 0.4) is 0 Å². The summed E-state index contributed by atoms with van der Waals surface area (Å²) in [7, 11) is 0. The van der Waals surface area contributed by atoms with E-state index in [2.05, 4.69) is 15.6 Å². The molecule has 11 heteroatoms. The van der Waals surface area contributed by atoms with Gasteiger partial charge >= 0.3 is 0 Å². The van der Waals surface area contributed by atoms with E-state index in [0.717, 1.165) is 11.8 Å². The van der Waals surface area contributed by atoms with Gasteiger partial charge in [0.25, 0.3) is 5.91 Å². The highest BCUT2D eigenvalue weighted by molar-refractivity contribution is 6.31. The number of ether oxygens (including phenoxy) is 3. The summed E-state index contributed by atoms with van der Waals surface area (Å²) in [5.74, 6) is -0.801. The van der Waals surface area contributed by atoms with Crippen LogP contribution in [0.5, 0.6) is 5.75 Å². The maximum absolute atomic E-state index is 13.4. The van der Waals surface area contributed by atoms with Crippen molar-refractivity contribution in [3.8, 4) is 11.4 Å². The first kappa shape index (κ1) is 21.5. The summed E-state index contributed by atoms with van der Waals surface area (Å²) < 4.78 is 31.6. The van der Waals surface area contributed by atoms with Crippen LogP contribution in [0.15, 0.2) is 48.7 Å². The normalized spacial score (nSPS) is 18.5. The molecule has 1 aliphatic heterocycles. The molecular formula is C20H17Cl2FN4O4. The van der Waals surface area contributed by atoms with E-state index in [1.165, 1.54) is 12.1 Å². The van der Waals surface area contributed by atoms with Crippen LogP contribution in [0.25, 0.3) is 5.69 Å². The van der Waals surface area contributed by atoms with Crippen molar-refractivity contribution in [2.45, 2.75) is 12.3 Å². The molecule has 1 fully saturated rings. The molecule has 0 bridgehead atoms. The van der Waals surface area contributed by atoms with Crippen LogP contribution in [0.2, 0.25) is 10.0 Å². The molecule has 2 heterocycles. The van der Waals surface area contributed by atoms with Gasteiger partial charge in [-0.05, 0) is 36.4 Å². The van der Waals surface area contributed by atoms with Gasteiger partial charge in [-0.2, -0.15) is 0 Å². The summed E-state index contributed by atoms with van der Waals surface area (Å²) in [5.41, 5.74) is 1.30. The minimum atomic E-state index is -0.692. The number of aromatic nitrogens is 3. The molecule has 162 valence electrons. The molecule has 0 radical (unpaired) electrons. The van der Waals surface area contributed by atoms with Gasteiger partial charge in [0.05, 0.1) is 36.2 Å². The summed E-state index contributed by atoms with van der Waals surface area (Å²) in [6.45, 7) is 0.163. The summed E-state index contributed by atoms with van der Waals surface area (Å²) in [5, 5.41) is 11.5. The average Bonchev–Trinajstić information content (AvgIpc) is 3.26. The molecule has 8 nitrogen and oxygen atoms in total. The number of nitrogens with one attached hydrogen (secondary N) is 1. The molecular weight excluding hydrogens is 450 g/mol. The molecule has 1 N–H and O–H groups in total. The molecule has 0 unspecified atom stereocenters. The Kier molecular flexibility index (Phi) is 6.67. The molecule has 3 aromatic rings. The zero-order valence-electron chi connectivity index (χ0n) is 16.0. The Bertz CT molecular complexity index is 1060. The topological polar surface area (TPSA) is 87.5 Å². The summed E-state index contributed by atoms with van der Waals surface area (Å²) >= 11 is 11.5. The fourth-order valence-electron chi connectivity index (χ4n) is 2.85. The lowest BCUT2D eigenvalue weighted by molar-refractivity contribution is -0.197. The smallest absolute Gasteiger partial charge is 0.258 e. The molecule has 0 spiro atoms. The minimum Gasteiger partial charge on any atom is -0.484 e. The Hall–Kier alpha value is -2.72. The number of carbonyl (C=O) groups is 1. The number of benzene rings is 2. The number of hydrogen-bond acceptors (Lipinski definition) is 6. The second-order valence-corrected chi connectivity index (χ2v) is 7.54. The van der Waals surface area contributed by atoms with Crippen molar-refractivity contribution < 1.29 is 23.4 Å². The van der Waals surface area contributed by atoms with Gasteiger partial charge in [0.15, 0.2) is 6.61 Å². The highest BCUT2D eigenvalue weighted by atomic mass is 35.5. The quantitative estimate of drug-likeness (QED) is 0.599. The van der Waals surface area contributed by atoms with Crippen molar-refractivity contribution in [2.75, 3.05) is 19.8 Å². The maximum atomic E-state index is 13.4. The van der Waals surface area contributed by atoms with E-state index in [9.17, 15) is 9.18 Å². The fourth-order valence-corrected chi connectivity index (χ4v) is 3.09. The number of amides is 1. The zero-order valence-corrected chi connectivity index (χ0v) is 17.5. The van der Waals surface area contributed by atoms with E-state index < -0.39 is 12.1 Å². The van der Waals surface area contributed by atoms with E-state index in [0.29, 0.717) is 10.7 Å². The van der Waals surface area contributed by atoms with Crippen molar-refractivity contribution in [3.63, 3.8) is 0 Å². The van der Waals surface area contributed by atoms with Gasteiger partial charge in [0, 0.05) is 11.1 Å². The monoisotopic (exact) mass is 466 g/mol. The third-order valence-corrected chi connectivity index (χ3v) is 4.93. The second-order valence-electron chi connectivity index (χ2n) is 6.69. The fraction of sp³-hybridized carbons (Fsp3) is 0.250. The lowest BCUT2D eigenvalue weighted by Gasteiger charge is -2.28. The molecule has 4 rings (SSSR count). The molecule has 31 heavy (non-hydrogen) atoms. The first-order valence-corrected chi connectivity index (χ1v) is 10.0. The zero-order chi connectivity index (χ0) is 21.8. The lowest BCUT2D eigenvalue weighted by atomic mass is 10.3. The molecule has 1 saturated heterocycles. The maximum Gasteiger partial charge on any atom is 0.258 e. The van der Waals surface area contributed by atoms with E-state index in [1.54, 1.807) is 23.0 Å². The largest absolute Gasteiger partial charge is 0.484 e. The second kappa shape index (κ2) is 9.61. The molecule has 1 aliphatic rings. The van der Waals surface area contributed by atoms with Crippen LogP contribution in [0.4, 0.5) is 4.39 Å². The van der Waals surface area contributed by atoms with Crippen LogP contribution in [-0.4, -0.2) is 46.8 Å². The molecule has 1 amide bonds. The number of carbonyl (C=O) groups excluding carboxylic acids is 1. The van der Waals surface area contributed by atoms with E-state index >= 15 is 0 Å². The van der Waals surface area contributed by atoms with Crippen molar-refractivity contribution in [2.24, 2.45) is 0 Å². The van der Waals surface area contributed by atoms with Crippen molar-refractivity contribution in [1.29, 1.82) is 0 Å². The van der Waals surface area contributed by atoms with E-state index in [1.807, 2.05) is 12.1 Å². The number of hydrogen-bond donors (Lipinski definition) is 1. The van der Waals surface area contributed by atoms with Crippen LogP contribution >= 0.6 is 23.2 Å². The Morgan fingerprint density at radius 3 is 2.65 bits per heavy atom. The molecule has 0 aliphatic carbocycles. The molecule has 0 atom stereocenters. The van der Waals surface area contributed by atoms with Gasteiger partial charge < -0.3 is 19.5 Å². The van der Waals surface area contributed by atoms with Crippen LogP contribution < -0.4 is 10.1 Å². The summed E-state index contributed by atoms with van der Waals surface area (Å²) in [6.07, 6.45) is 1.01. The Morgan fingerprint density at radius 2 is 1.94 bits per heavy atom. The highest BCUT2D eigenvalue weighted by Crippen LogP contribution is 2.23. The first-order chi connectivity index (χ1) is 15.0. The number of halogens is 3. The first-order valence-electron chi connectivity index (χ1n) is 9.26. The van der Waals surface area contributed by atoms with Crippen molar-refractivity contribution in [1.82, 2.24) is 20.3 Å². The highest BCUT2D eigenvalue weighted by Gasteiger charge is 2.27.